The average Bonchev–Trinajstić information content (AvgIpc) is 2.64. The van der Waals surface area contributed by atoms with Crippen LogP contribution in [-0.2, 0) is 25.6 Å². The Balaban J connectivity index is 1.61. The molecule has 25 heavy (non-hydrogen) atoms. The van der Waals surface area contributed by atoms with Gasteiger partial charge < -0.3 is 14.2 Å². The molecule has 1 aliphatic rings. The van der Waals surface area contributed by atoms with Gasteiger partial charge in [0.05, 0.1) is 19.8 Å². The highest BCUT2D eigenvalue weighted by atomic mass is 16.7. The monoisotopic (exact) mass is 346 g/mol. The molecule has 0 aromatic heterocycles. The molecule has 1 aliphatic heterocycles. The third kappa shape index (κ3) is 7.95. The quantitative estimate of drug-likeness (QED) is 0.525. The highest BCUT2D eigenvalue weighted by Gasteiger charge is 2.25. The third-order valence-electron chi connectivity index (χ3n) is 4.19. The molecule has 1 aromatic carbocycles. The van der Waals surface area contributed by atoms with Crippen LogP contribution in [-0.4, -0.2) is 31.4 Å². The van der Waals surface area contributed by atoms with E-state index in [1.165, 1.54) is 32.1 Å². The van der Waals surface area contributed by atoms with Crippen LogP contribution in [0.4, 0.5) is 0 Å². The average molecular weight is 346 g/mol. The molecule has 4 heteroatoms. The molecule has 0 bridgehead atoms. The smallest absolute Gasteiger partial charge is 0.186 e. The van der Waals surface area contributed by atoms with Gasteiger partial charge in [-0.15, -0.1) is 0 Å². The van der Waals surface area contributed by atoms with Crippen molar-refractivity contribution in [3.05, 3.63) is 48.0 Å². The predicted octanol–water partition coefficient (Wildman–Crippen LogP) is 4.43. The molecule has 0 radical (unpaired) electrons. The molecule has 1 aromatic rings. The number of ketones is 1. The molecular formula is C21H30O4. The van der Waals surface area contributed by atoms with Crippen LogP contribution in [0.25, 0.3) is 0 Å². The zero-order chi connectivity index (χ0) is 17.7. The molecule has 0 amide bonds. The summed E-state index contributed by atoms with van der Waals surface area (Å²) in [4.78, 5) is 11.9. The molecule has 138 valence electrons. The van der Waals surface area contributed by atoms with E-state index in [-0.39, 0.29) is 12.4 Å². The topological polar surface area (TPSA) is 44.8 Å². The minimum atomic E-state index is -0.580. The summed E-state index contributed by atoms with van der Waals surface area (Å²) in [5.74, 6) is -0.0625. The van der Waals surface area contributed by atoms with Crippen molar-refractivity contribution >= 4 is 5.78 Å². The van der Waals surface area contributed by atoms with Gasteiger partial charge in [-0.05, 0) is 24.1 Å². The van der Waals surface area contributed by atoms with E-state index in [1.807, 2.05) is 30.3 Å². The molecule has 0 N–H and O–H groups in total. The summed E-state index contributed by atoms with van der Waals surface area (Å²) < 4.78 is 17.0. The Hall–Kier alpha value is -1.49. The molecule has 4 nitrogen and oxygen atoms in total. The maximum atomic E-state index is 11.9. The summed E-state index contributed by atoms with van der Waals surface area (Å²) in [6.07, 6.45) is 9.54. The Morgan fingerprint density at radius 3 is 2.60 bits per heavy atom. The molecule has 0 spiro atoms. The number of rotatable bonds is 12. The molecule has 1 heterocycles. The molecule has 0 fully saturated rings. The Labute approximate surface area is 151 Å². The second-order valence-electron chi connectivity index (χ2n) is 6.39. The number of ether oxygens (including phenoxy) is 3. The number of hydrogen-bond donors (Lipinski definition) is 0. The van der Waals surface area contributed by atoms with Crippen LogP contribution in [0.1, 0.15) is 51.0 Å². The largest absolute Gasteiger partial charge is 0.374 e. The van der Waals surface area contributed by atoms with Crippen molar-refractivity contribution < 1.29 is 19.0 Å². The van der Waals surface area contributed by atoms with Crippen molar-refractivity contribution in [3.63, 3.8) is 0 Å². The lowest BCUT2D eigenvalue weighted by atomic mass is 10.1. The number of carbonyl (C=O) groups excluding carboxylic acids is 1. The summed E-state index contributed by atoms with van der Waals surface area (Å²) in [6, 6.07) is 9.89. The predicted molar refractivity (Wildman–Crippen MR) is 98.2 cm³/mol. The Bertz CT molecular complexity index is 512. The van der Waals surface area contributed by atoms with Gasteiger partial charge in [-0.1, -0.05) is 69.4 Å². The van der Waals surface area contributed by atoms with Gasteiger partial charge in [-0.25, -0.2) is 0 Å². The highest BCUT2D eigenvalue weighted by molar-refractivity contribution is 5.94. The standard InChI is InChI=1S/C21H30O4/c1-2-3-4-5-6-10-15-24-21-14-13-19(22)20(25-21)17-23-16-18-11-8-7-9-12-18/h7-9,11-14,20-21H,2-6,10,15-17H2,1H3/t20-,21+/m1/s1. The second-order valence-corrected chi connectivity index (χ2v) is 6.39. The Morgan fingerprint density at radius 2 is 1.80 bits per heavy atom. The Morgan fingerprint density at radius 1 is 1.04 bits per heavy atom. The van der Waals surface area contributed by atoms with E-state index >= 15 is 0 Å². The van der Waals surface area contributed by atoms with Crippen LogP contribution in [0.5, 0.6) is 0 Å². The van der Waals surface area contributed by atoms with E-state index in [4.69, 9.17) is 14.2 Å². The normalized spacial score (nSPS) is 20.1. The van der Waals surface area contributed by atoms with E-state index in [9.17, 15) is 4.79 Å². The number of carbonyl (C=O) groups is 1. The van der Waals surface area contributed by atoms with E-state index in [0.29, 0.717) is 13.2 Å². The highest BCUT2D eigenvalue weighted by Crippen LogP contribution is 2.13. The van der Waals surface area contributed by atoms with Gasteiger partial charge in [0.2, 0.25) is 0 Å². The van der Waals surface area contributed by atoms with Crippen LogP contribution in [0.3, 0.4) is 0 Å². The van der Waals surface area contributed by atoms with Crippen LogP contribution in [0.2, 0.25) is 0 Å². The Kier molecular flexibility index (Phi) is 9.49. The van der Waals surface area contributed by atoms with Crippen molar-refractivity contribution in [3.8, 4) is 0 Å². The first kappa shape index (κ1) is 19.8. The zero-order valence-electron chi connectivity index (χ0n) is 15.2. The zero-order valence-corrected chi connectivity index (χ0v) is 15.2. The lowest BCUT2D eigenvalue weighted by Crippen LogP contribution is -2.36. The van der Waals surface area contributed by atoms with Crippen LogP contribution in [0, 0.1) is 0 Å². The van der Waals surface area contributed by atoms with Gasteiger partial charge in [-0.3, -0.25) is 4.79 Å². The molecule has 0 saturated carbocycles. The van der Waals surface area contributed by atoms with E-state index in [0.717, 1.165) is 12.0 Å². The van der Waals surface area contributed by atoms with Crippen LogP contribution >= 0.6 is 0 Å². The van der Waals surface area contributed by atoms with Gasteiger partial charge in [0, 0.05) is 0 Å². The second kappa shape index (κ2) is 12.0. The SMILES string of the molecule is CCCCCCCCO[C@@H]1C=CC(=O)[C@@H](COCc2ccccc2)O1. The van der Waals surface area contributed by atoms with E-state index < -0.39 is 12.4 Å². The fraction of sp³-hybridized carbons (Fsp3) is 0.571. The number of hydrogen-bond acceptors (Lipinski definition) is 4. The van der Waals surface area contributed by atoms with Gasteiger partial charge >= 0.3 is 0 Å². The van der Waals surface area contributed by atoms with Gasteiger partial charge in [0.1, 0.15) is 6.10 Å². The molecule has 2 atom stereocenters. The van der Waals surface area contributed by atoms with Gasteiger partial charge in [0.25, 0.3) is 0 Å². The lowest BCUT2D eigenvalue weighted by Gasteiger charge is -2.25. The van der Waals surface area contributed by atoms with Crippen molar-refractivity contribution in [2.24, 2.45) is 0 Å². The van der Waals surface area contributed by atoms with Gasteiger partial charge in [0.15, 0.2) is 12.1 Å². The first-order valence-electron chi connectivity index (χ1n) is 9.40. The summed E-state index contributed by atoms with van der Waals surface area (Å²) in [7, 11) is 0. The van der Waals surface area contributed by atoms with Gasteiger partial charge in [-0.2, -0.15) is 0 Å². The van der Waals surface area contributed by atoms with Crippen molar-refractivity contribution in [2.75, 3.05) is 13.2 Å². The summed E-state index contributed by atoms with van der Waals surface area (Å²) in [5.41, 5.74) is 1.08. The van der Waals surface area contributed by atoms with Crippen LogP contribution < -0.4 is 0 Å². The first-order valence-corrected chi connectivity index (χ1v) is 9.40. The maximum Gasteiger partial charge on any atom is 0.186 e. The fourth-order valence-corrected chi connectivity index (χ4v) is 2.71. The molecule has 0 aliphatic carbocycles. The molecular weight excluding hydrogens is 316 g/mol. The van der Waals surface area contributed by atoms with E-state index in [2.05, 4.69) is 6.92 Å². The number of unbranched alkanes of at least 4 members (excludes halogenated alkanes) is 5. The first-order chi connectivity index (χ1) is 12.3. The summed E-state index contributed by atoms with van der Waals surface area (Å²) >= 11 is 0. The third-order valence-corrected chi connectivity index (χ3v) is 4.19. The lowest BCUT2D eigenvalue weighted by molar-refractivity contribution is -0.172. The van der Waals surface area contributed by atoms with Crippen LogP contribution in [0.15, 0.2) is 42.5 Å². The molecule has 0 saturated heterocycles. The molecule has 0 unspecified atom stereocenters. The summed E-state index contributed by atoms with van der Waals surface area (Å²) in [5, 5.41) is 0. The van der Waals surface area contributed by atoms with Crippen molar-refractivity contribution in [1.29, 1.82) is 0 Å². The molecule has 2 rings (SSSR count). The maximum absolute atomic E-state index is 11.9. The minimum Gasteiger partial charge on any atom is -0.374 e. The van der Waals surface area contributed by atoms with E-state index in [1.54, 1.807) is 12.2 Å². The van der Waals surface area contributed by atoms with Crippen molar-refractivity contribution in [2.45, 2.75) is 64.4 Å². The fourth-order valence-electron chi connectivity index (χ4n) is 2.71. The summed E-state index contributed by atoms with van der Waals surface area (Å²) in [6.45, 7) is 3.60. The number of benzene rings is 1. The van der Waals surface area contributed by atoms with Crippen molar-refractivity contribution in [1.82, 2.24) is 0 Å². The minimum absolute atomic E-state index is 0.0625.